The van der Waals surface area contributed by atoms with E-state index in [1.165, 1.54) is 11.3 Å². The number of carbonyl (C=O) groups is 1. The lowest BCUT2D eigenvalue weighted by atomic mass is 9.85. The van der Waals surface area contributed by atoms with Crippen molar-refractivity contribution in [2.24, 2.45) is 5.92 Å². The second kappa shape index (κ2) is 6.33. The molecule has 1 aromatic rings. The molecule has 0 unspecified atom stereocenters. The van der Waals surface area contributed by atoms with Gasteiger partial charge in [0.2, 0.25) is 5.91 Å². The molecular formula is C18H24N2O. The summed E-state index contributed by atoms with van der Waals surface area (Å²) in [6, 6.07) is 10.5. The highest BCUT2D eigenvalue weighted by molar-refractivity contribution is 5.79. The fourth-order valence-electron chi connectivity index (χ4n) is 3.36. The summed E-state index contributed by atoms with van der Waals surface area (Å²) in [5, 5.41) is 0. The van der Waals surface area contributed by atoms with Gasteiger partial charge in [-0.25, -0.2) is 0 Å². The molecule has 3 nitrogen and oxygen atoms in total. The van der Waals surface area contributed by atoms with Crippen molar-refractivity contribution in [3.63, 3.8) is 0 Å². The molecule has 1 heterocycles. The topological polar surface area (TPSA) is 23.6 Å². The summed E-state index contributed by atoms with van der Waals surface area (Å²) in [7, 11) is 0. The molecular weight excluding hydrogens is 260 g/mol. The number of allylic oxidation sites excluding steroid dienone is 1. The molecule has 0 atom stereocenters. The summed E-state index contributed by atoms with van der Waals surface area (Å²) in [6.07, 6.45) is 4.05. The number of piperazine rings is 1. The van der Waals surface area contributed by atoms with Gasteiger partial charge >= 0.3 is 0 Å². The molecule has 1 aliphatic carbocycles. The van der Waals surface area contributed by atoms with Crippen molar-refractivity contribution in [2.45, 2.75) is 25.7 Å². The van der Waals surface area contributed by atoms with Crippen molar-refractivity contribution in [3.8, 4) is 0 Å². The number of hydrogen-bond donors (Lipinski definition) is 0. The molecule has 0 bridgehead atoms. The smallest absolute Gasteiger partial charge is 0.225 e. The fourth-order valence-corrected chi connectivity index (χ4v) is 3.36. The van der Waals surface area contributed by atoms with Gasteiger partial charge < -0.3 is 9.80 Å². The zero-order valence-electron chi connectivity index (χ0n) is 12.6. The minimum atomic E-state index is 0.235. The first-order chi connectivity index (χ1) is 10.2. The average molecular weight is 284 g/mol. The van der Waals surface area contributed by atoms with Gasteiger partial charge in [0.25, 0.3) is 0 Å². The number of rotatable bonds is 2. The molecule has 1 aliphatic heterocycles. The summed E-state index contributed by atoms with van der Waals surface area (Å²) in [5.74, 6) is 0.606. The van der Waals surface area contributed by atoms with Crippen molar-refractivity contribution in [3.05, 3.63) is 42.5 Å². The maximum atomic E-state index is 12.6. The lowest BCUT2D eigenvalue weighted by Crippen LogP contribution is -2.50. The Balaban J connectivity index is 1.53. The fraction of sp³-hybridized carbons (Fsp3) is 0.500. The zero-order chi connectivity index (χ0) is 14.7. The Morgan fingerprint density at radius 3 is 2.24 bits per heavy atom. The van der Waals surface area contributed by atoms with E-state index in [0.717, 1.165) is 51.9 Å². The molecule has 21 heavy (non-hydrogen) atoms. The molecule has 1 aromatic carbocycles. The van der Waals surface area contributed by atoms with E-state index in [1.54, 1.807) is 0 Å². The highest BCUT2D eigenvalue weighted by Gasteiger charge is 2.29. The van der Waals surface area contributed by atoms with Crippen LogP contribution in [0.4, 0.5) is 5.69 Å². The summed E-state index contributed by atoms with van der Waals surface area (Å²) >= 11 is 0. The number of anilines is 1. The number of para-hydroxylation sites is 1. The van der Waals surface area contributed by atoms with Gasteiger partial charge in [0.15, 0.2) is 0 Å². The maximum absolute atomic E-state index is 12.6. The van der Waals surface area contributed by atoms with Gasteiger partial charge in [0.1, 0.15) is 0 Å². The van der Waals surface area contributed by atoms with E-state index in [-0.39, 0.29) is 5.92 Å². The predicted octanol–water partition coefficient (Wildman–Crippen LogP) is 3.08. The van der Waals surface area contributed by atoms with Gasteiger partial charge in [0, 0.05) is 37.8 Å². The van der Waals surface area contributed by atoms with Crippen LogP contribution >= 0.6 is 0 Å². The zero-order valence-corrected chi connectivity index (χ0v) is 12.6. The molecule has 2 aliphatic rings. The lowest BCUT2D eigenvalue weighted by molar-refractivity contribution is -0.136. The first-order valence-electron chi connectivity index (χ1n) is 7.99. The highest BCUT2D eigenvalue weighted by atomic mass is 16.2. The van der Waals surface area contributed by atoms with Crippen LogP contribution in [0.5, 0.6) is 0 Å². The minimum absolute atomic E-state index is 0.235. The molecule has 0 radical (unpaired) electrons. The molecule has 1 amide bonds. The predicted molar refractivity (Wildman–Crippen MR) is 86.3 cm³/mol. The molecule has 1 saturated heterocycles. The third kappa shape index (κ3) is 3.29. The Kier molecular flexibility index (Phi) is 4.28. The Morgan fingerprint density at radius 2 is 1.62 bits per heavy atom. The van der Waals surface area contributed by atoms with Gasteiger partial charge in [-0.05, 0) is 37.8 Å². The van der Waals surface area contributed by atoms with Crippen LogP contribution in [0.25, 0.3) is 0 Å². The third-order valence-electron chi connectivity index (χ3n) is 4.75. The molecule has 1 saturated carbocycles. The van der Waals surface area contributed by atoms with E-state index in [0.29, 0.717) is 5.91 Å². The van der Waals surface area contributed by atoms with Gasteiger partial charge in [-0.15, -0.1) is 0 Å². The van der Waals surface area contributed by atoms with E-state index in [4.69, 9.17) is 0 Å². The number of hydrogen-bond acceptors (Lipinski definition) is 2. The number of benzene rings is 1. The van der Waals surface area contributed by atoms with Gasteiger partial charge in [-0.3, -0.25) is 4.79 Å². The molecule has 0 N–H and O–H groups in total. The van der Waals surface area contributed by atoms with Crippen molar-refractivity contribution in [1.29, 1.82) is 0 Å². The Hall–Kier alpha value is -1.77. The monoisotopic (exact) mass is 284 g/mol. The average Bonchev–Trinajstić information content (AvgIpc) is 2.56. The van der Waals surface area contributed by atoms with E-state index in [9.17, 15) is 4.79 Å². The van der Waals surface area contributed by atoms with Gasteiger partial charge in [-0.1, -0.05) is 30.4 Å². The number of amides is 1. The molecule has 3 heteroatoms. The molecule has 0 aromatic heterocycles. The largest absolute Gasteiger partial charge is 0.368 e. The summed E-state index contributed by atoms with van der Waals surface area (Å²) in [5.41, 5.74) is 2.58. The summed E-state index contributed by atoms with van der Waals surface area (Å²) in [4.78, 5) is 17.0. The first kappa shape index (κ1) is 14.2. The van der Waals surface area contributed by atoms with Crippen molar-refractivity contribution in [1.82, 2.24) is 4.90 Å². The van der Waals surface area contributed by atoms with Crippen LogP contribution in [0.15, 0.2) is 42.5 Å². The normalized spacial score (nSPS) is 20.7. The number of carbonyl (C=O) groups excluding carboxylic acids is 1. The van der Waals surface area contributed by atoms with Crippen LogP contribution in [0.2, 0.25) is 0 Å². The maximum Gasteiger partial charge on any atom is 0.225 e. The molecule has 2 fully saturated rings. The molecule has 112 valence electrons. The Labute approximate surface area is 127 Å². The SMILES string of the molecule is C=C1CCC(C(=O)N2CCN(c3ccccc3)CC2)CC1. The summed E-state index contributed by atoms with van der Waals surface area (Å²) in [6.45, 7) is 7.62. The van der Waals surface area contributed by atoms with E-state index < -0.39 is 0 Å². The van der Waals surface area contributed by atoms with Crippen LogP contribution in [0.3, 0.4) is 0 Å². The van der Waals surface area contributed by atoms with Gasteiger partial charge in [0.05, 0.1) is 0 Å². The van der Waals surface area contributed by atoms with E-state index in [2.05, 4.69) is 40.6 Å². The van der Waals surface area contributed by atoms with Crippen LogP contribution in [-0.4, -0.2) is 37.0 Å². The minimum Gasteiger partial charge on any atom is -0.368 e. The quantitative estimate of drug-likeness (QED) is 0.779. The second-order valence-electron chi connectivity index (χ2n) is 6.17. The third-order valence-corrected chi connectivity index (χ3v) is 4.75. The van der Waals surface area contributed by atoms with E-state index >= 15 is 0 Å². The van der Waals surface area contributed by atoms with Crippen molar-refractivity contribution in [2.75, 3.05) is 31.1 Å². The standard InChI is InChI=1S/C18H24N2O/c1-15-7-9-16(10-8-15)18(21)20-13-11-19(12-14-20)17-5-3-2-4-6-17/h2-6,16H,1,7-14H2. The Bertz CT molecular complexity index is 493. The highest BCUT2D eigenvalue weighted by Crippen LogP contribution is 2.29. The van der Waals surface area contributed by atoms with Crippen LogP contribution in [0, 0.1) is 5.92 Å². The lowest BCUT2D eigenvalue weighted by Gasteiger charge is -2.38. The van der Waals surface area contributed by atoms with Gasteiger partial charge in [-0.2, -0.15) is 0 Å². The Morgan fingerprint density at radius 1 is 1.00 bits per heavy atom. The molecule has 0 spiro atoms. The van der Waals surface area contributed by atoms with Crippen molar-refractivity contribution < 1.29 is 4.79 Å². The second-order valence-corrected chi connectivity index (χ2v) is 6.17. The van der Waals surface area contributed by atoms with Crippen LogP contribution < -0.4 is 4.90 Å². The summed E-state index contributed by atoms with van der Waals surface area (Å²) < 4.78 is 0. The molecule has 3 rings (SSSR count). The van der Waals surface area contributed by atoms with Crippen molar-refractivity contribution >= 4 is 11.6 Å². The van der Waals surface area contributed by atoms with Crippen LogP contribution in [-0.2, 0) is 4.79 Å². The van der Waals surface area contributed by atoms with E-state index in [1.807, 2.05) is 6.07 Å². The first-order valence-corrected chi connectivity index (χ1v) is 7.99. The van der Waals surface area contributed by atoms with Crippen LogP contribution in [0.1, 0.15) is 25.7 Å². The number of nitrogens with zero attached hydrogens (tertiary/aromatic N) is 2.